The molecule has 4 atom stereocenters. The van der Waals surface area contributed by atoms with Gasteiger partial charge in [0, 0.05) is 38.7 Å². The van der Waals surface area contributed by atoms with E-state index >= 15 is 0 Å². The molecule has 3 heterocycles. The fourth-order valence-electron chi connectivity index (χ4n) is 6.42. The van der Waals surface area contributed by atoms with Gasteiger partial charge in [0.2, 0.25) is 0 Å². The maximum absolute atomic E-state index is 12.2. The first-order valence-electron chi connectivity index (χ1n) is 15.1. The number of ether oxygens (including phenoxy) is 3. The molecule has 2 aliphatic rings. The standard InChI is InChI=1S/C32H38Cl2N6O4/c1-32(2)43-27-22(16-26(28(27)44-32)40-11-7-23-29(35-3)38-18-39-30(23)40)17-36-9-4-10-37-31(41)42-12-8-19-5-6-20-14-24(33)25(34)15-21(20)13-19/h5-7,11,13-15,18,22,26-28,36H,4,8-10,12,16-17H2,1-3H3,(H,37,41)(H,35,38,39)/t22-,26-,27-,28+/m1/s1. The van der Waals surface area contributed by atoms with E-state index in [1.807, 2.05) is 51.2 Å². The second-order valence-corrected chi connectivity index (χ2v) is 12.7. The number of nitrogens with zero attached hydrogens (tertiary/aromatic N) is 3. The maximum atomic E-state index is 12.2. The van der Waals surface area contributed by atoms with Crippen molar-refractivity contribution in [2.45, 2.75) is 57.1 Å². The first kappa shape index (κ1) is 30.9. The third kappa shape index (κ3) is 6.60. The summed E-state index contributed by atoms with van der Waals surface area (Å²) in [4.78, 5) is 21.1. The van der Waals surface area contributed by atoms with Gasteiger partial charge in [-0.15, -0.1) is 0 Å². The van der Waals surface area contributed by atoms with Crippen LogP contribution in [-0.4, -0.2) is 71.9 Å². The highest BCUT2D eigenvalue weighted by Crippen LogP contribution is 2.47. The van der Waals surface area contributed by atoms with Crippen molar-refractivity contribution in [3.05, 3.63) is 64.5 Å². The van der Waals surface area contributed by atoms with Crippen molar-refractivity contribution in [3.63, 3.8) is 0 Å². The highest BCUT2D eigenvalue weighted by Gasteiger charge is 2.54. The number of alkyl carbamates (subject to hydrolysis) is 1. The minimum atomic E-state index is -0.638. The summed E-state index contributed by atoms with van der Waals surface area (Å²) in [5, 5.41) is 13.6. The number of halogens is 2. The van der Waals surface area contributed by atoms with E-state index in [0.717, 1.165) is 59.1 Å². The van der Waals surface area contributed by atoms with Gasteiger partial charge < -0.3 is 34.7 Å². The molecule has 12 heteroatoms. The van der Waals surface area contributed by atoms with Crippen molar-refractivity contribution in [1.29, 1.82) is 0 Å². The van der Waals surface area contributed by atoms with Gasteiger partial charge in [0.1, 0.15) is 23.9 Å². The van der Waals surface area contributed by atoms with Crippen molar-refractivity contribution in [2.75, 3.05) is 38.6 Å². The lowest BCUT2D eigenvalue weighted by Crippen LogP contribution is -2.34. The Morgan fingerprint density at radius 2 is 1.86 bits per heavy atom. The topological polar surface area (TPSA) is 112 Å². The Morgan fingerprint density at radius 1 is 1.07 bits per heavy atom. The Morgan fingerprint density at radius 3 is 2.68 bits per heavy atom. The molecule has 1 saturated carbocycles. The number of rotatable bonds is 11. The van der Waals surface area contributed by atoms with Gasteiger partial charge in [0.25, 0.3) is 0 Å². The highest BCUT2D eigenvalue weighted by molar-refractivity contribution is 6.42. The molecule has 1 aliphatic carbocycles. The molecule has 2 fully saturated rings. The SMILES string of the molecule is CNc1ncnc2c1ccn2[C@@H]1C[C@H](CNCCCNC(=O)OCCc2ccc3cc(Cl)c(Cl)cc3c2)[C@H]2OC(C)(C)O[C@H]21. The minimum absolute atomic E-state index is 0.0175. The quantitative estimate of drug-likeness (QED) is 0.172. The van der Waals surface area contributed by atoms with Crippen molar-refractivity contribution >= 4 is 56.9 Å². The van der Waals surface area contributed by atoms with Crippen molar-refractivity contribution in [3.8, 4) is 0 Å². The van der Waals surface area contributed by atoms with Crippen LogP contribution in [0.5, 0.6) is 0 Å². The van der Waals surface area contributed by atoms with E-state index in [0.29, 0.717) is 29.6 Å². The summed E-state index contributed by atoms with van der Waals surface area (Å²) in [5.41, 5.74) is 1.95. The third-order valence-electron chi connectivity index (χ3n) is 8.43. The third-order valence-corrected chi connectivity index (χ3v) is 9.15. The van der Waals surface area contributed by atoms with Gasteiger partial charge in [-0.2, -0.15) is 0 Å². The zero-order chi connectivity index (χ0) is 30.8. The van der Waals surface area contributed by atoms with Crippen molar-refractivity contribution in [1.82, 2.24) is 25.2 Å². The van der Waals surface area contributed by atoms with Crippen LogP contribution in [-0.2, 0) is 20.6 Å². The molecule has 234 valence electrons. The molecular formula is C32H38Cl2N6O4. The molecule has 3 N–H and O–H groups in total. The summed E-state index contributed by atoms with van der Waals surface area (Å²) >= 11 is 12.3. The number of carbonyl (C=O) groups is 1. The van der Waals surface area contributed by atoms with Crippen LogP contribution >= 0.6 is 23.2 Å². The molecule has 1 saturated heterocycles. The molecule has 44 heavy (non-hydrogen) atoms. The molecule has 0 bridgehead atoms. The molecule has 0 radical (unpaired) electrons. The first-order chi connectivity index (χ1) is 21.2. The Bertz CT molecular complexity index is 1650. The molecule has 2 aromatic heterocycles. The molecule has 2 aromatic carbocycles. The number of benzene rings is 2. The smallest absolute Gasteiger partial charge is 0.407 e. The zero-order valence-corrected chi connectivity index (χ0v) is 26.6. The molecule has 6 rings (SSSR count). The number of hydrogen-bond donors (Lipinski definition) is 3. The van der Waals surface area contributed by atoms with Crippen LogP contribution in [0.4, 0.5) is 10.6 Å². The lowest BCUT2D eigenvalue weighted by molar-refractivity contribution is -0.160. The number of amides is 1. The molecule has 0 spiro atoms. The summed E-state index contributed by atoms with van der Waals surface area (Å²) in [6.45, 7) is 6.32. The van der Waals surface area contributed by atoms with Crippen molar-refractivity contribution in [2.24, 2.45) is 5.92 Å². The van der Waals surface area contributed by atoms with E-state index in [1.54, 1.807) is 6.33 Å². The Kier molecular flexibility index (Phi) is 9.16. The van der Waals surface area contributed by atoms with Crippen LogP contribution in [0, 0.1) is 5.92 Å². The maximum Gasteiger partial charge on any atom is 0.407 e. The van der Waals surface area contributed by atoms with E-state index in [2.05, 4.69) is 42.7 Å². The average Bonchev–Trinajstić information content (AvgIpc) is 3.66. The van der Waals surface area contributed by atoms with E-state index in [-0.39, 0.29) is 24.2 Å². The number of fused-ring (bicyclic) bond motifs is 3. The number of nitrogens with one attached hydrogen (secondary N) is 3. The monoisotopic (exact) mass is 640 g/mol. The number of carbonyl (C=O) groups excluding carboxylic acids is 1. The number of anilines is 1. The average molecular weight is 642 g/mol. The molecule has 1 aliphatic heterocycles. The molecule has 0 unspecified atom stereocenters. The Labute approximate surface area is 266 Å². The van der Waals surface area contributed by atoms with Gasteiger partial charge in [0.15, 0.2) is 5.79 Å². The summed E-state index contributed by atoms with van der Waals surface area (Å²) in [6.07, 6.45) is 5.47. The second-order valence-electron chi connectivity index (χ2n) is 11.9. The van der Waals surface area contributed by atoms with Gasteiger partial charge >= 0.3 is 6.09 Å². The molecule has 1 amide bonds. The van der Waals surface area contributed by atoms with Gasteiger partial charge in [-0.05, 0) is 67.8 Å². The normalized spacial score (nSPS) is 22.4. The van der Waals surface area contributed by atoms with Gasteiger partial charge in [-0.3, -0.25) is 0 Å². The van der Waals surface area contributed by atoms with E-state index < -0.39 is 11.9 Å². The summed E-state index contributed by atoms with van der Waals surface area (Å²) < 4.78 is 20.4. The first-order valence-corrected chi connectivity index (χ1v) is 15.8. The van der Waals surface area contributed by atoms with Gasteiger partial charge in [-0.25, -0.2) is 14.8 Å². The van der Waals surface area contributed by atoms with Crippen LogP contribution < -0.4 is 16.0 Å². The van der Waals surface area contributed by atoms with E-state index in [9.17, 15) is 4.79 Å². The number of aromatic nitrogens is 3. The van der Waals surface area contributed by atoms with Crippen LogP contribution in [0.1, 0.15) is 38.3 Å². The van der Waals surface area contributed by atoms with Crippen LogP contribution in [0.3, 0.4) is 0 Å². The number of hydrogen-bond acceptors (Lipinski definition) is 8. The van der Waals surface area contributed by atoms with Crippen LogP contribution in [0.2, 0.25) is 10.0 Å². The lowest BCUT2D eigenvalue weighted by atomic mass is 10.1. The summed E-state index contributed by atoms with van der Waals surface area (Å²) in [6, 6.07) is 11.9. The van der Waals surface area contributed by atoms with E-state index in [4.69, 9.17) is 37.4 Å². The summed E-state index contributed by atoms with van der Waals surface area (Å²) in [7, 11) is 1.86. The highest BCUT2D eigenvalue weighted by atomic mass is 35.5. The summed E-state index contributed by atoms with van der Waals surface area (Å²) in [5.74, 6) is 0.446. The second kappa shape index (κ2) is 13.1. The lowest BCUT2D eigenvalue weighted by Gasteiger charge is -2.24. The van der Waals surface area contributed by atoms with Gasteiger partial charge in [-0.1, -0.05) is 41.4 Å². The zero-order valence-electron chi connectivity index (χ0n) is 25.1. The molecular weight excluding hydrogens is 603 g/mol. The fraction of sp³-hybridized carbons (Fsp3) is 0.469. The van der Waals surface area contributed by atoms with Gasteiger partial charge in [0.05, 0.1) is 34.2 Å². The predicted molar refractivity (Wildman–Crippen MR) is 173 cm³/mol. The predicted octanol–water partition coefficient (Wildman–Crippen LogP) is 5.96. The van der Waals surface area contributed by atoms with E-state index in [1.165, 1.54) is 0 Å². The van der Waals surface area contributed by atoms with Crippen LogP contribution in [0.15, 0.2) is 48.9 Å². The largest absolute Gasteiger partial charge is 0.449 e. The Hall–Kier alpha value is -3.15. The molecule has 4 aromatic rings. The van der Waals surface area contributed by atoms with Crippen molar-refractivity contribution < 1.29 is 19.0 Å². The Balaban J connectivity index is 0.937. The molecule has 10 nitrogen and oxygen atoms in total. The van der Waals surface area contributed by atoms with Crippen LogP contribution in [0.25, 0.3) is 21.8 Å². The minimum Gasteiger partial charge on any atom is -0.449 e. The fourth-order valence-corrected chi connectivity index (χ4v) is 6.76.